The lowest BCUT2D eigenvalue weighted by molar-refractivity contribution is 0.0942. The van der Waals surface area contributed by atoms with Crippen molar-refractivity contribution in [3.8, 4) is 22.8 Å². The zero-order valence-corrected chi connectivity index (χ0v) is 14.6. The third kappa shape index (κ3) is 3.73. The molecule has 4 heterocycles. The number of nitrogens with zero attached hydrogens (tertiary/aromatic N) is 4. The van der Waals surface area contributed by atoms with Gasteiger partial charge in [0.2, 0.25) is 5.76 Å². The Morgan fingerprint density at radius 1 is 1.14 bits per heavy atom. The molecule has 28 heavy (non-hydrogen) atoms. The Morgan fingerprint density at radius 3 is 2.86 bits per heavy atom. The van der Waals surface area contributed by atoms with Crippen LogP contribution < -0.4 is 10.9 Å². The van der Waals surface area contributed by atoms with E-state index in [4.69, 9.17) is 8.94 Å². The number of pyridine rings is 1. The molecule has 9 nitrogen and oxygen atoms in total. The lowest BCUT2D eigenvalue weighted by Gasteiger charge is -2.07. The monoisotopic (exact) mass is 377 g/mol. The molecule has 1 amide bonds. The summed E-state index contributed by atoms with van der Waals surface area (Å²) in [6.45, 7) is 0.409. The van der Waals surface area contributed by atoms with Gasteiger partial charge in [0.25, 0.3) is 11.5 Å². The first-order valence-electron chi connectivity index (χ1n) is 8.48. The zero-order valence-electron chi connectivity index (χ0n) is 14.6. The summed E-state index contributed by atoms with van der Waals surface area (Å²) < 4.78 is 11.6. The third-order valence-electron chi connectivity index (χ3n) is 3.94. The Kier molecular flexibility index (Phi) is 4.79. The Balaban J connectivity index is 1.40. The second-order valence-electron chi connectivity index (χ2n) is 5.83. The van der Waals surface area contributed by atoms with Gasteiger partial charge in [0.15, 0.2) is 11.5 Å². The molecule has 4 aromatic heterocycles. The second-order valence-corrected chi connectivity index (χ2v) is 5.83. The van der Waals surface area contributed by atoms with Gasteiger partial charge in [-0.2, -0.15) is 5.10 Å². The van der Waals surface area contributed by atoms with Crippen LogP contribution in [0.3, 0.4) is 0 Å². The van der Waals surface area contributed by atoms with Gasteiger partial charge in [0, 0.05) is 36.6 Å². The lowest BCUT2D eigenvalue weighted by Crippen LogP contribution is -2.32. The molecule has 0 saturated carbocycles. The van der Waals surface area contributed by atoms with Gasteiger partial charge in [-0.15, -0.1) is 0 Å². The second kappa shape index (κ2) is 7.70. The Bertz CT molecular complexity index is 1130. The van der Waals surface area contributed by atoms with E-state index >= 15 is 0 Å². The van der Waals surface area contributed by atoms with Crippen molar-refractivity contribution in [2.75, 3.05) is 6.54 Å². The molecule has 0 aliphatic heterocycles. The first-order valence-corrected chi connectivity index (χ1v) is 8.48. The van der Waals surface area contributed by atoms with Crippen molar-refractivity contribution >= 4 is 5.91 Å². The predicted molar refractivity (Wildman–Crippen MR) is 98.3 cm³/mol. The van der Waals surface area contributed by atoms with E-state index in [9.17, 15) is 9.59 Å². The summed E-state index contributed by atoms with van der Waals surface area (Å²) in [5, 5.41) is 10.7. The average Bonchev–Trinajstić information content (AvgIpc) is 3.42. The molecule has 140 valence electrons. The highest BCUT2D eigenvalue weighted by Crippen LogP contribution is 2.20. The molecule has 0 fully saturated rings. The number of hydrogen-bond acceptors (Lipinski definition) is 7. The van der Waals surface area contributed by atoms with Gasteiger partial charge in [0.1, 0.15) is 0 Å². The van der Waals surface area contributed by atoms with Gasteiger partial charge < -0.3 is 14.3 Å². The van der Waals surface area contributed by atoms with E-state index in [1.807, 2.05) is 6.07 Å². The van der Waals surface area contributed by atoms with Crippen LogP contribution in [0.1, 0.15) is 10.5 Å². The van der Waals surface area contributed by atoms with Gasteiger partial charge in [-0.3, -0.25) is 14.6 Å². The first kappa shape index (κ1) is 17.4. The summed E-state index contributed by atoms with van der Waals surface area (Å²) >= 11 is 0. The highest BCUT2D eigenvalue weighted by molar-refractivity contribution is 5.92. The van der Waals surface area contributed by atoms with Crippen molar-refractivity contribution in [3.05, 3.63) is 77.2 Å². The number of carbonyl (C=O) groups is 1. The van der Waals surface area contributed by atoms with Gasteiger partial charge in [-0.25, -0.2) is 4.68 Å². The van der Waals surface area contributed by atoms with E-state index in [0.717, 1.165) is 5.56 Å². The van der Waals surface area contributed by atoms with Crippen LogP contribution >= 0.6 is 0 Å². The van der Waals surface area contributed by atoms with E-state index < -0.39 is 5.91 Å². The zero-order chi connectivity index (χ0) is 19.3. The van der Waals surface area contributed by atoms with Gasteiger partial charge >= 0.3 is 0 Å². The van der Waals surface area contributed by atoms with Crippen LogP contribution in [0.2, 0.25) is 0 Å². The summed E-state index contributed by atoms with van der Waals surface area (Å²) in [4.78, 5) is 28.3. The molecule has 0 radical (unpaired) electrons. The largest absolute Gasteiger partial charge is 0.461 e. The molecule has 0 saturated heterocycles. The van der Waals surface area contributed by atoms with E-state index in [2.05, 4.69) is 20.6 Å². The van der Waals surface area contributed by atoms with E-state index in [-0.39, 0.29) is 24.3 Å². The Hall–Kier alpha value is -4.01. The molecule has 1 N–H and O–H groups in total. The topological polar surface area (TPSA) is 116 Å². The molecular formula is C19H15N5O4. The predicted octanol–water partition coefficient (Wildman–Crippen LogP) is 1.98. The molecule has 0 aliphatic carbocycles. The van der Waals surface area contributed by atoms with Gasteiger partial charge in [0.05, 0.1) is 18.5 Å². The molecule has 0 atom stereocenters. The van der Waals surface area contributed by atoms with Crippen LogP contribution in [-0.4, -0.2) is 32.4 Å². The highest BCUT2D eigenvalue weighted by Gasteiger charge is 2.15. The molecule has 0 bridgehead atoms. The quantitative estimate of drug-likeness (QED) is 0.546. The van der Waals surface area contributed by atoms with Gasteiger partial charge in [-0.1, -0.05) is 5.16 Å². The molecule has 0 unspecified atom stereocenters. The minimum absolute atomic E-state index is 0.121. The molecular weight excluding hydrogens is 362 g/mol. The Labute approximate surface area is 158 Å². The fraction of sp³-hybridized carbons (Fsp3) is 0.105. The van der Waals surface area contributed by atoms with Crippen molar-refractivity contribution in [1.82, 2.24) is 25.2 Å². The number of furan rings is 1. The molecule has 0 aromatic carbocycles. The van der Waals surface area contributed by atoms with Crippen LogP contribution in [0, 0.1) is 0 Å². The average molecular weight is 377 g/mol. The molecule has 0 aliphatic rings. The minimum atomic E-state index is -0.419. The maximum atomic E-state index is 12.2. The Morgan fingerprint density at radius 2 is 2.07 bits per heavy atom. The number of aromatic nitrogens is 4. The number of hydrogen-bond donors (Lipinski definition) is 1. The molecule has 9 heteroatoms. The van der Waals surface area contributed by atoms with E-state index in [0.29, 0.717) is 17.2 Å². The smallest absolute Gasteiger partial charge is 0.273 e. The number of amides is 1. The van der Waals surface area contributed by atoms with Crippen molar-refractivity contribution in [2.45, 2.75) is 6.54 Å². The summed E-state index contributed by atoms with van der Waals surface area (Å²) in [6.07, 6.45) is 4.83. The van der Waals surface area contributed by atoms with Crippen LogP contribution in [0.4, 0.5) is 0 Å². The van der Waals surface area contributed by atoms with Gasteiger partial charge in [-0.05, 0) is 30.3 Å². The fourth-order valence-electron chi connectivity index (χ4n) is 2.56. The standard InChI is InChI=1S/C19H15N5O4/c25-18-6-5-14(13-3-1-7-20-12-13)22-24(18)9-8-21-19(26)15-11-17(28-23-15)16-4-2-10-27-16/h1-7,10-12H,8-9H2,(H,21,26). The number of rotatable bonds is 6. The first-order chi connectivity index (χ1) is 13.7. The lowest BCUT2D eigenvalue weighted by atomic mass is 10.2. The summed E-state index contributed by atoms with van der Waals surface area (Å²) in [7, 11) is 0. The number of nitrogens with one attached hydrogen (secondary N) is 1. The SMILES string of the molecule is O=C(NCCn1nc(-c2cccnc2)ccc1=O)c1cc(-c2ccco2)on1. The highest BCUT2D eigenvalue weighted by atomic mass is 16.5. The van der Waals surface area contributed by atoms with Crippen molar-refractivity contribution in [3.63, 3.8) is 0 Å². The van der Waals surface area contributed by atoms with Crippen LogP contribution in [0.25, 0.3) is 22.8 Å². The fourth-order valence-corrected chi connectivity index (χ4v) is 2.56. The van der Waals surface area contributed by atoms with Crippen molar-refractivity contribution in [1.29, 1.82) is 0 Å². The van der Waals surface area contributed by atoms with Crippen LogP contribution in [0.15, 0.2) is 74.9 Å². The normalized spacial score (nSPS) is 10.7. The molecule has 0 spiro atoms. The van der Waals surface area contributed by atoms with E-state index in [1.165, 1.54) is 23.1 Å². The molecule has 4 rings (SSSR count). The summed E-state index contributed by atoms with van der Waals surface area (Å²) in [6, 6.07) is 11.6. The summed E-state index contributed by atoms with van der Waals surface area (Å²) in [5.74, 6) is 0.421. The summed E-state index contributed by atoms with van der Waals surface area (Å²) in [5.41, 5.74) is 1.28. The van der Waals surface area contributed by atoms with Crippen LogP contribution in [0.5, 0.6) is 0 Å². The molecule has 4 aromatic rings. The minimum Gasteiger partial charge on any atom is -0.461 e. The van der Waals surface area contributed by atoms with Crippen molar-refractivity contribution in [2.24, 2.45) is 0 Å². The third-order valence-corrected chi connectivity index (χ3v) is 3.94. The maximum absolute atomic E-state index is 12.2. The van der Waals surface area contributed by atoms with Crippen LogP contribution in [-0.2, 0) is 6.54 Å². The maximum Gasteiger partial charge on any atom is 0.273 e. The van der Waals surface area contributed by atoms with Crippen molar-refractivity contribution < 1.29 is 13.7 Å². The number of carbonyl (C=O) groups excluding carboxylic acids is 1. The van der Waals surface area contributed by atoms with E-state index in [1.54, 1.807) is 36.7 Å².